The van der Waals surface area contributed by atoms with Gasteiger partial charge in [-0.05, 0) is 17.7 Å². The minimum absolute atomic E-state index is 0.0573. The Morgan fingerprint density at radius 3 is 2.57 bits per heavy atom. The van der Waals surface area contributed by atoms with E-state index in [1.807, 2.05) is 0 Å². The highest BCUT2D eigenvalue weighted by atomic mass is 15.2. The van der Waals surface area contributed by atoms with Crippen molar-refractivity contribution in [1.29, 1.82) is 0 Å². The van der Waals surface area contributed by atoms with Crippen molar-refractivity contribution >= 4 is 0 Å². The molecule has 1 nitrogen and oxygen atoms in total. The van der Waals surface area contributed by atoms with E-state index in [-0.39, 0.29) is 5.54 Å². The number of hydrogen-bond acceptors (Lipinski definition) is 1. The molecule has 0 radical (unpaired) electrons. The van der Waals surface area contributed by atoms with Crippen LogP contribution in [0.1, 0.15) is 0 Å². The maximum Gasteiger partial charge on any atom is 0.106 e. The lowest BCUT2D eigenvalue weighted by Gasteiger charge is -2.42. The Kier molecular flexibility index (Phi) is 1.42. The van der Waals surface area contributed by atoms with Crippen LogP contribution in [0.15, 0.2) is 72.7 Å². The van der Waals surface area contributed by atoms with Gasteiger partial charge >= 0.3 is 0 Å². The van der Waals surface area contributed by atoms with Crippen molar-refractivity contribution in [2.24, 2.45) is 0 Å². The molecule has 0 amide bonds. The molecule has 2 heterocycles. The van der Waals surface area contributed by atoms with E-state index >= 15 is 0 Å². The smallest absolute Gasteiger partial charge is 0.106 e. The highest BCUT2D eigenvalue weighted by Crippen LogP contribution is 2.36. The molecular formula is C13H11N. The Morgan fingerprint density at radius 2 is 1.64 bits per heavy atom. The first-order chi connectivity index (χ1) is 6.92. The second-order valence-electron chi connectivity index (χ2n) is 3.62. The van der Waals surface area contributed by atoms with Crippen LogP contribution >= 0.6 is 0 Å². The monoisotopic (exact) mass is 181 g/mol. The molecule has 0 bridgehead atoms. The predicted octanol–water partition coefficient (Wildman–Crippen LogP) is 2.69. The van der Waals surface area contributed by atoms with Gasteiger partial charge in [-0.1, -0.05) is 42.5 Å². The molecule has 0 aromatic heterocycles. The Bertz CT molecular complexity index is 422. The lowest BCUT2D eigenvalue weighted by atomic mass is 9.81. The van der Waals surface area contributed by atoms with Crippen LogP contribution in [-0.4, -0.2) is 10.4 Å². The molecule has 3 rings (SSSR count). The number of rotatable bonds is 0. The SMILES string of the molecule is C1=CC2=CC=CN3C=CC=CC23C=C1. The molecule has 0 fully saturated rings. The summed E-state index contributed by atoms with van der Waals surface area (Å²) in [6.07, 6.45) is 23.4. The second kappa shape index (κ2) is 2.61. The Balaban J connectivity index is 2.20. The minimum Gasteiger partial charge on any atom is -0.337 e. The van der Waals surface area contributed by atoms with E-state index < -0.39 is 0 Å². The number of hydrogen-bond donors (Lipinski definition) is 0. The second-order valence-corrected chi connectivity index (χ2v) is 3.62. The molecule has 1 unspecified atom stereocenters. The lowest BCUT2D eigenvalue weighted by molar-refractivity contribution is 0.373. The zero-order valence-corrected chi connectivity index (χ0v) is 7.80. The zero-order valence-electron chi connectivity index (χ0n) is 7.80. The number of allylic oxidation sites excluding steroid dienone is 6. The van der Waals surface area contributed by atoms with Gasteiger partial charge in [0, 0.05) is 12.4 Å². The zero-order chi connectivity index (χ0) is 9.43. The summed E-state index contributed by atoms with van der Waals surface area (Å²) in [4.78, 5) is 2.22. The van der Waals surface area contributed by atoms with Crippen molar-refractivity contribution in [3.05, 3.63) is 72.7 Å². The maximum absolute atomic E-state index is 2.22. The highest BCUT2D eigenvalue weighted by Gasteiger charge is 2.35. The first-order valence-electron chi connectivity index (χ1n) is 4.81. The van der Waals surface area contributed by atoms with E-state index in [2.05, 4.69) is 72.0 Å². The largest absolute Gasteiger partial charge is 0.337 e. The van der Waals surface area contributed by atoms with E-state index in [1.54, 1.807) is 0 Å². The lowest BCUT2D eigenvalue weighted by Crippen LogP contribution is -2.43. The fraction of sp³-hybridized carbons (Fsp3) is 0.0769. The summed E-state index contributed by atoms with van der Waals surface area (Å²) in [5.74, 6) is 0. The molecular weight excluding hydrogens is 170 g/mol. The molecule has 0 saturated carbocycles. The normalized spacial score (nSPS) is 31.4. The van der Waals surface area contributed by atoms with Gasteiger partial charge in [0.2, 0.25) is 0 Å². The van der Waals surface area contributed by atoms with Crippen molar-refractivity contribution in [1.82, 2.24) is 4.90 Å². The molecule has 68 valence electrons. The van der Waals surface area contributed by atoms with Gasteiger partial charge in [0.1, 0.15) is 5.54 Å². The third kappa shape index (κ3) is 0.841. The van der Waals surface area contributed by atoms with Gasteiger partial charge in [0.05, 0.1) is 0 Å². The van der Waals surface area contributed by atoms with Gasteiger partial charge in [-0.3, -0.25) is 0 Å². The summed E-state index contributed by atoms with van der Waals surface area (Å²) in [6.45, 7) is 0. The maximum atomic E-state index is 2.22. The first-order valence-corrected chi connectivity index (χ1v) is 4.81. The Hall–Kier alpha value is -1.76. The summed E-state index contributed by atoms with van der Waals surface area (Å²) < 4.78 is 0. The number of nitrogens with zero attached hydrogens (tertiary/aromatic N) is 1. The van der Waals surface area contributed by atoms with Crippen LogP contribution in [0, 0.1) is 0 Å². The third-order valence-electron chi connectivity index (χ3n) is 2.86. The van der Waals surface area contributed by atoms with Crippen LogP contribution < -0.4 is 0 Å². The summed E-state index contributed by atoms with van der Waals surface area (Å²) in [5.41, 5.74) is 1.27. The molecule has 1 spiro atoms. The third-order valence-corrected chi connectivity index (χ3v) is 2.86. The molecule has 0 N–H and O–H groups in total. The average Bonchev–Trinajstić information content (AvgIpc) is 2.26. The minimum atomic E-state index is -0.0573. The predicted molar refractivity (Wildman–Crippen MR) is 58.4 cm³/mol. The standard InChI is InChI=1S/C13H11N/c1-2-8-13-9-3-4-10-14(13)11-5-7-12(13)6-1/h1-11H. The van der Waals surface area contributed by atoms with Crippen molar-refractivity contribution in [2.45, 2.75) is 5.54 Å². The van der Waals surface area contributed by atoms with Crippen LogP contribution in [-0.2, 0) is 0 Å². The summed E-state index contributed by atoms with van der Waals surface area (Å²) in [6, 6.07) is 0. The van der Waals surface area contributed by atoms with Crippen molar-refractivity contribution in [2.75, 3.05) is 0 Å². The van der Waals surface area contributed by atoms with E-state index in [4.69, 9.17) is 0 Å². The Morgan fingerprint density at radius 1 is 0.857 bits per heavy atom. The first kappa shape index (κ1) is 7.63. The fourth-order valence-electron chi connectivity index (χ4n) is 2.13. The molecule has 1 aliphatic carbocycles. The van der Waals surface area contributed by atoms with Crippen LogP contribution in [0.5, 0.6) is 0 Å². The summed E-state index contributed by atoms with van der Waals surface area (Å²) in [7, 11) is 0. The van der Waals surface area contributed by atoms with E-state index in [9.17, 15) is 0 Å². The molecule has 1 atom stereocenters. The van der Waals surface area contributed by atoms with Crippen molar-refractivity contribution < 1.29 is 0 Å². The topological polar surface area (TPSA) is 3.24 Å². The quantitative estimate of drug-likeness (QED) is 0.555. The summed E-state index contributed by atoms with van der Waals surface area (Å²) in [5, 5.41) is 0. The molecule has 14 heavy (non-hydrogen) atoms. The van der Waals surface area contributed by atoms with Crippen LogP contribution in [0.2, 0.25) is 0 Å². The van der Waals surface area contributed by atoms with Gasteiger partial charge < -0.3 is 4.90 Å². The van der Waals surface area contributed by atoms with Crippen molar-refractivity contribution in [3.8, 4) is 0 Å². The van der Waals surface area contributed by atoms with Gasteiger partial charge in [-0.2, -0.15) is 0 Å². The van der Waals surface area contributed by atoms with Crippen LogP contribution in [0.25, 0.3) is 0 Å². The molecule has 0 aromatic rings. The molecule has 1 heteroatoms. The van der Waals surface area contributed by atoms with Gasteiger partial charge in [0.15, 0.2) is 0 Å². The molecule has 0 saturated heterocycles. The Labute approximate surface area is 83.7 Å². The average molecular weight is 181 g/mol. The molecule has 3 aliphatic rings. The molecule has 2 aliphatic heterocycles. The summed E-state index contributed by atoms with van der Waals surface area (Å²) >= 11 is 0. The van der Waals surface area contributed by atoms with E-state index in [0.717, 1.165) is 0 Å². The fourth-order valence-corrected chi connectivity index (χ4v) is 2.13. The van der Waals surface area contributed by atoms with Crippen molar-refractivity contribution in [3.63, 3.8) is 0 Å². The highest BCUT2D eigenvalue weighted by molar-refractivity contribution is 5.53. The van der Waals surface area contributed by atoms with Crippen LogP contribution in [0.4, 0.5) is 0 Å². The van der Waals surface area contributed by atoms with E-state index in [1.165, 1.54) is 5.57 Å². The van der Waals surface area contributed by atoms with Crippen LogP contribution in [0.3, 0.4) is 0 Å². The van der Waals surface area contributed by atoms with E-state index in [0.29, 0.717) is 0 Å². The molecule has 0 aromatic carbocycles. The van der Waals surface area contributed by atoms with Gasteiger partial charge in [-0.25, -0.2) is 0 Å². The van der Waals surface area contributed by atoms with Gasteiger partial charge in [0.25, 0.3) is 0 Å². The van der Waals surface area contributed by atoms with Gasteiger partial charge in [-0.15, -0.1) is 0 Å².